The molecule has 0 radical (unpaired) electrons. The maximum absolute atomic E-state index is 12.4. The molecule has 1 aliphatic heterocycles. The second-order valence-corrected chi connectivity index (χ2v) is 4.37. The van der Waals surface area contributed by atoms with Gasteiger partial charge in [0, 0.05) is 13.1 Å². The smallest absolute Gasteiger partial charge is 0.315 e. The second-order valence-electron chi connectivity index (χ2n) is 4.37. The van der Waals surface area contributed by atoms with Gasteiger partial charge in [-0.15, -0.1) is 4.39 Å². The topological polar surface area (TPSA) is 20.3 Å². The summed E-state index contributed by atoms with van der Waals surface area (Å²) < 4.78 is 12.4. The zero-order chi connectivity index (χ0) is 11.4. The molecule has 1 aromatic carbocycles. The molecular formula is C13H16FNO. The number of hydrogen-bond acceptors (Lipinski definition) is 1. The standard InChI is InChI=1S/C13H16FNO/c14-13(16)15-8-6-12(7-9-15)10-11-4-2-1-3-5-11/h1-5,12H,6-10H2. The van der Waals surface area contributed by atoms with E-state index in [2.05, 4.69) is 12.1 Å². The van der Waals surface area contributed by atoms with E-state index in [4.69, 9.17) is 0 Å². The summed E-state index contributed by atoms with van der Waals surface area (Å²) in [5, 5.41) is 0. The molecule has 0 atom stereocenters. The first-order chi connectivity index (χ1) is 7.75. The lowest BCUT2D eigenvalue weighted by Crippen LogP contribution is -2.36. The van der Waals surface area contributed by atoms with E-state index >= 15 is 0 Å². The van der Waals surface area contributed by atoms with Crippen molar-refractivity contribution in [3.05, 3.63) is 35.9 Å². The van der Waals surface area contributed by atoms with Crippen LogP contribution < -0.4 is 0 Å². The van der Waals surface area contributed by atoms with Gasteiger partial charge < -0.3 is 4.90 Å². The van der Waals surface area contributed by atoms with E-state index in [0.717, 1.165) is 19.3 Å². The van der Waals surface area contributed by atoms with Crippen molar-refractivity contribution >= 4 is 6.16 Å². The van der Waals surface area contributed by atoms with E-state index in [0.29, 0.717) is 19.0 Å². The predicted molar refractivity (Wildman–Crippen MR) is 60.9 cm³/mol. The van der Waals surface area contributed by atoms with Crippen LogP contribution >= 0.6 is 0 Å². The highest BCUT2D eigenvalue weighted by Gasteiger charge is 2.22. The third kappa shape index (κ3) is 2.81. The van der Waals surface area contributed by atoms with Gasteiger partial charge in [-0.05, 0) is 30.7 Å². The SMILES string of the molecule is O=C(F)N1CCC(Cc2ccccc2)CC1. The van der Waals surface area contributed by atoms with E-state index in [-0.39, 0.29) is 0 Å². The van der Waals surface area contributed by atoms with Crippen molar-refractivity contribution < 1.29 is 9.18 Å². The van der Waals surface area contributed by atoms with Crippen molar-refractivity contribution in [3.63, 3.8) is 0 Å². The number of benzene rings is 1. The van der Waals surface area contributed by atoms with Crippen molar-refractivity contribution in [1.29, 1.82) is 0 Å². The number of nitrogens with zero attached hydrogens (tertiary/aromatic N) is 1. The van der Waals surface area contributed by atoms with Crippen LogP contribution in [-0.4, -0.2) is 24.2 Å². The Morgan fingerprint density at radius 1 is 1.25 bits per heavy atom. The number of likely N-dealkylation sites (tertiary alicyclic amines) is 1. The number of carbonyl (C=O) groups is 1. The summed E-state index contributed by atoms with van der Waals surface area (Å²) in [5.41, 5.74) is 1.33. The number of halogens is 1. The summed E-state index contributed by atoms with van der Waals surface area (Å²) >= 11 is 0. The molecule has 16 heavy (non-hydrogen) atoms. The summed E-state index contributed by atoms with van der Waals surface area (Å²) in [4.78, 5) is 11.8. The lowest BCUT2D eigenvalue weighted by molar-refractivity contribution is 0.150. The minimum atomic E-state index is -1.28. The summed E-state index contributed by atoms with van der Waals surface area (Å²) in [6.45, 7) is 1.12. The van der Waals surface area contributed by atoms with Crippen LogP contribution in [0, 0.1) is 5.92 Å². The molecule has 0 unspecified atom stereocenters. The third-order valence-corrected chi connectivity index (χ3v) is 3.23. The number of hydrogen-bond donors (Lipinski definition) is 0. The van der Waals surface area contributed by atoms with Crippen LogP contribution in [0.2, 0.25) is 0 Å². The Morgan fingerprint density at radius 3 is 2.44 bits per heavy atom. The molecule has 1 fully saturated rings. The maximum atomic E-state index is 12.4. The molecule has 2 rings (SSSR count). The molecule has 0 bridgehead atoms. The largest absolute Gasteiger partial charge is 0.400 e. The van der Waals surface area contributed by atoms with Crippen LogP contribution in [-0.2, 0) is 6.42 Å². The van der Waals surface area contributed by atoms with Crippen molar-refractivity contribution in [3.8, 4) is 0 Å². The Bertz CT molecular complexity index is 344. The highest BCUT2D eigenvalue weighted by atomic mass is 19.1. The summed E-state index contributed by atoms with van der Waals surface area (Å²) in [6, 6.07) is 10.3. The fourth-order valence-electron chi connectivity index (χ4n) is 2.26. The average molecular weight is 221 g/mol. The molecule has 86 valence electrons. The fraction of sp³-hybridized carbons (Fsp3) is 0.462. The van der Waals surface area contributed by atoms with Gasteiger partial charge in [-0.25, -0.2) is 4.79 Å². The number of carbonyl (C=O) groups excluding carboxylic acids is 1. The molecule has 0 aliphatic carbocycles. The second kappa shape index (κ2) is 5.10. The monoisotopic (exact) mass is 221 g/mol. The molecule has 0 aromatic heterocycles. The first-order valence-electron chi connectivity index (χ1n) is 5.74. The lowest BCUT2D eigenvalue weighted by Gasteiger charge is -2.29. The van der Waals surface area contributed by atoms with Gasteiger partial charge in [-0.1, -0.05) is 30.3 Å². The number of piperidine rings is 1. The van der Waals surface area contributed by atoms with Gasteiger partial charge in [-0.2, -0.15) is 0 Å². The molecule has 1 aliphatic rings. The Labute approximate surface area is 95.1 Å². The minimum absolute atomic E-state index is 0.562. The molecule has 2 nitrogen and oxygen atoms in total. The van der Waals surface area contributed by atoms with Gasteiger partial charge >= 0.3 is 6.16 Å². The zero-order valence-electron chi connectivity index (χ0n) is 9.23. The van der Waals surface area contributed by atoms with Crippen molar-refractivity contribution in [2.24, 2.45) is 5.92 Å². The minimum Gasteiger partial charge on any atom is -0.315 e. The molecule has 0 spiro atoms. The van der Waals surface area contributed by atoms with E-state index < -0.39 is 6.16 Å². The van der Waals surface area contributed by atoms with Crippen molar-refractivity contribution in [1.82, 2.24) is 4.90 Å². The van der Waals surface area contributed by atoms with Crippen LogP contribution in [0.3, 0.4) is 0 Å². The third-order valence-electron chi connectivity index (χ3n) is 3.23. The van der Waals surface area contributed by atoms with E-state index in [1.807, 2.05) is 18.2 Å². The van der Waals surface area contributed by atoms with Gasteiger partial charge in [0.2, 0.25) is 0 Å². The molecule has 1 heterocycles. The van der Waals surface area contributed by atoms with Gasteiger partial charge in [0.15, 0.2) is 0 Å². The van der Waals surface area contributed by atoms with E-state index in [1.165, 1.54) is 10.5 Å². The molecule has 0 N–H and O–H groups in total. The summed E-state index contributed by atoms with van der Waals surface area (Å²) in [5.74, 6) is 0.581. The number of amides is 1. The van der Waals surface area contributed by atoms with Crippen LogP contribution in [0.15, 0.2) is 30.3 Å². The quantitative estimate of drug-likeness (QED) is 0.555. The highest BCUT2D eigenvalue weighted by molar-refractivity contribution is 5.66. The van der Waals surface area contributed by atoms with Crippen LogP contribution in [0.25, 0.3) is 0 Å². The molecule has 0 saturated carbocycles. The van der Waals surface area contributed by atoms with E-state index in [1.54, 1.807) is 0 Å². The molecule has 1 aromatic rings. The van der Waals surface area contributed by atoms with Crippen LogP contribution in [0.4, 0.5) is 9.18 Å². The average Bonchev–Trinajstić information content (AvgIpc) is 2.31. The first kappa shape index (κ1) is 11.1. The molecule has 1 saturated heterocycles. The maximum Gasteiger partial charge on any atom is 0.400 e. The predicted octanol–water partition coefficient (Wildman–Crippen LogP) is 3.03. The lowest BCUT2D eigenvalue weighted by atomic mass is 9.90. The Kier molecular flexibility index (Phi) is 3.54. The Morgan fingerprint density at radius 2 is 1.88 bits per heavy atom. The summed E-state index contributed by atoms with van der Waals surface area (Å²) in [6.07, 6.45) is 1.57. The van der Waals surface area contributed by atoms with Crippen LogP contribution in [0.1, 0.15) is 18.4 Å². The van der Waals surface area contributed by atoms with Gasteiger partial charge in [-0.3, -0.25) is 0 Å². The Balaban J connectivity index is 1.84. The highest BCUT2D eigenvalue weighted by Crippen LogP contribution is 2.21. The van der Waals surface area contributed by atoms with Crippen molar-refractivity contribution in [2.75, 3.05) is 13.1 Å². The summed E-state index contributed by atoms with van der Waals surface area (Å²) in [7, 11) is 0. The molecular weight excluding hydrogens is 205 g/mol. The number of rotatable bonds is 2. The van der Waals surface area contributed by atoms with Gasteiger partial charge in [0.05, 0.1) is 0 Å². The zero-order valence-corrected chi connectivity index (χ0v) is 9.23. The van der Waals surface area contributed by atoms with E-state index in [9.17, 15) is 9.18 Å². The Hall–Kier alpha value is -1.38. The van der Waals surface area contributed by atoms with Crippen LogP contribution in [0.5, 0.6) is 0 Å². The molecule has 1 amide bonds. The van der Waals surface area contributed by atoms with Gasteiger partial charge in [0.1, 0.15) is 0 Å². The van der Waals surface area contributed by atoms with Gasteiger partial charge in [0.25, 0.3) is 0 Å². The first-order valence-corrected chi connectivity index (χ1v) is 5.74. The molecule has 3 heteroatoms. The van der Waals surface area contributed by atoms with Crippen molar-refractivity contribution in [2.45, 2.75) is 19.3 Å². The normalized spacial score (nSPS) is 17.4. The fourth-order valence-corrected chi connectivity index (χ4v) is 2.26.